The summed E-state index contributed by atoms with van der Waals surface area (Å²) in [5.41, 5.74) is 1.26. The van der Waals surface area contributed by atoms with Gasteiger partial charge in [-0.05, 0) is 23.3 Å². The lowest BCUT2D eigenvalue weighted by molar-refractivity contribution is -0.140. The fraction of sp³-hybridized carbons (Fsp3) is 0.562. The van der Waals surface area contributed by atoms with Crippen LogP contribution in [0.25, 0.3) is 0 Å². The van der Waals surface area contributed by atoms with Crippen molar-refractivity contribution >= 4 is 5.97 Å². The second-order valence-electron chi connectivity index (χ2n) is 5.73. The minimum Gasteiger partial charge on any atom is -0.480 e. The first-order valence-corrected chi connectivity index (χ1v) is 6.94. The molecular formula is C16H25NO2. The first kappa shape index (κ1) is 15.7. The Morgan fingerprint density at radius 3 is 2.11 bits per heavy atom. The van der Waals surface area contributed by atoms with Crippen LogP contribution < -0.4 is 5.32 Å². The molecule has 1 rings (SSSR count). The van der Waals surface area contributed by atoms with Crippen LogP contribution in [-0.2, 0) is 4.79 Å². The molecule has 1 aromatic rings. The van der Waals surface area contributed by atoms with Crippen molar-refractivity contribution in [2.24, 2.45) is 11.8 Å². The van der Waals surface area contributed by atoms with Gasteiger partial charge in [-0.1, -0.05) is 58.0 Å². The summed E-state index contributed by atoms with van der Waals surface area (Å²) in [5, 5.41) is 12.4. The Hall–Kier alpha value is -1.35. The number of carboxylic acid groups (broad SMARTS) is 1. The van der Waals surface area contributed by atoms with Gasteiger partial charge in [0.1, 0.15) is 6.04 Å². The SMILES string of the molecule is CC(C)C(NCC(c1ccccc1)C(C)C)C(=O)O. The van der Waals surface area contributed by atoms with Gasteiger partial charge in [-0.25, -0.2) is 0 Å². The summed E-state index contributed by atoms with van der Waals surface area (Å²) in [6.45, 7) is 8.89. The summed E-state index contributed by atoms with van der Waals surface area (Å²) in [4.78, 5) is 11.2. The Morgan fingerprint density at radius 1 is 1.11 bits per heavy atom. The van der Waals surface area contributed by atoms with Crippen LogP contribution in [0.1, 0.15) is 39.2 Å². The molecule has 0 heterocycles. The van der Waals surface area contributed by atoms with Crippen molar-refractivity contribution < 1.29 is 9.90 Å². The summed E-state index contributed by atoms with van der Waals surface area (Å²) in [6, 6.07) is 9.80. The molecule has 0 fully saturated rings. The first-order valence-electron chi connectivity index (χ1n) is 6.94. The summed E-state index contributed by atoms with van der Waals surface area (Å²) in [6.07, 6.45) is 0. The van der Waals surface area contributed by atoms with Crippen LogP contribution in [0.5, 0.6) is 0 Å². The Balaban J connectivity index is 2.73. The van der Waals surface area contributed by atoms with Gasteiger partial charge in [0, 0.05) is 6.54 Å². The molecule has 0 aliphatic rings. The van der Waals surface area contributed by atoms with Crippen molar-refractivity contribution in [2.75, 3.05) is 6.54 Å². The number of carbonyl (C=O) groups is 1. The zero-order valence-corrected chi connectivity index (χ0v) is 12.3. The number of carboxylic acids is 1. The minimum atomic E-state index is -0.773. The molecule has 1 aromatic carbocycles. The predicted octanol–water partition coefficient (Wildman–Crippen LogP) is 3.13. The van der Waals surface area contributed by atoms with E-state index in [2.05, 4.69) is 31.3 Å². The van der Waals surface area contributed by atoms with Crippen molar-refractivity contribution in [1.29, 1.82) is 0 Å². The van der Waals surface area contributed by atoms with E-state index in [1.165, 1.54) is 5.56 Å². The average molecular weight is 263 g/mol. The van der Waals surface area contributed by atoms with Crippen LogP contribution in [0, 0.1) is 11.8 Å². The zero-order chi connectivity index (χ0) is 14.4. The molecular weight excluding hydrogens is 238 g/mol. The quantitative estimate of drug-likeness (QED) is 0.794. The zero-order valence-electron chi connectivity index (χ0n) is 12.3. The molecule has 0 radical (unpaired) electrons. The molecule has 0 aromatic heterocycles. The third kappa shape index (κ3) is 4.67. The second kappa shape index (κ2) is 7.29. The van der Waals surface area contributed by atoms with Gasteiger partial charge < -0.3 is 10.4 Å². The number of aliphatic carboxylic acids is 1. The molecule has 106 valence electrons. The van der Waals surface area contributed by atoms with Gasteiger partial charge >= 0.3 is 5.97 Å². The Morgan fingerprint density at radius 2 is 1.68 bits per heavy atom. The summed E-state index contributed by atoms with van der Waals surface area (Å²) < 4.78 is 0. The van der Waals surface area contributed by atoms with E-state index in [4.69, 9.17) is 0 Å². The van der Waals surface area contributed by atoms with E-state index < -0.39 is 12.0 Å². The van der Waals surface area contributed by atoms with Gasteiger partial charge in [0.15, 0.2) is 0 Å². The average Bonchev–Trinajstić information content (AvgIpc) is 2.34. The van der Waals surface area contributed by atoms with Crippen molar-refractivity contribution in [2.45, 2.75) is 39.7 Å². The Bertz CT molecular complexity index is 387. The highest BCUT2D eigenvalue weighted by Gasteiger charge is 2.23. The van der Waals surface area contributed by atoms with Crippen molar-refractivity contribution in [3.63, 3.8) is 0 Å². The fourth-order valence-electron chi connectivity index (χ4n) is 2.30. The summed E-state index contributed by atoms with van der Waals surface area (Å²) in [5.74, 6) is 0.116. The van der Waals surface area contributed by atoms with E-state index in [-0.39, 0.29) is 5.92 Å². The molecule has 3 heteroatoms. The van der Waals surface area contributed by atoms with Gasteiger partial charge in [-0.15, -0.1) is 0 Å². The fourth-order valence-corrected chi connectivity index (χ4v) is 2.30. The summed E-state index contributed by atoms with van der Waals surface area (Å²) in [7, 11) is 0. The molecule has 2 N–H and O–H groups in total. The van der Waals surface area contributed by atoms with Crippen LogP contribution in [0.15, 0.2) is 30.3 Å². The maximum Gasteiger partial charge on any atom is 0.320 e. The number of hydrogen-bond donors (Lipinski definition) is 2. The number of benzene rings is 1. The molecule has 0 bridgehead atoms. The molecule has 0 spiro atoms. The number of hydrogen-bond acceptors (Lipinski definition) is 2. The number of rotatable bonds is 7. The van der Waals surface area contributed by atoms with Gasteiger partial charge in [0.05, 0.1) is 0 Å². The van der Waals surface area contributed by atoms with E-state index in [0.717, 1.165) is 0 Å². The lowest BCUT2D eigenvalue weighted by Crippen LogP contribution is -2.43. The van der Waals surface area contributed by atoms with E-state index in [0.29, 0.717) is 18.4 Å². The first-order chi connectivity index (χ1) is 8.93. The topological polar surface area (TPSA) is 49.3 Å². The lowest BCUT2D eigenvalue weighted by Gasteiger charge is -2.25. The minimum absolute atomic E-state index is 0.0843. The smallest absolute Gasteiger partial charge is 0.320 e. The second-order valence-corrected chi connectivity index (χ2v) is 5.73. The van der Waals surface area contributed by atoms with Crippen LogP contribution in [-0.4, -0.2) is 23.7 Å². The van der Waals surface area contributed by atoms with E-state index in [1.54, 1.807) is 0 Å². The van der Waals surface area contributed by atoms with Crippen molar-refractivity contribution in [3.05, 3.63) is 35.9 Å². The molecule has 0 amide bonds. The van der Waals surface area contributed by atoms with Gasteiger partial charge in [-0.2, -0.15) is 0 Å². The highest BCUT2D eigenvalue weighted by molar-refractivity contribution is 5.73. The standard InChI is InChI=1S/C16H25NO2/c1-11(2)14(13-8-6-5-7-9-13)10-17-15(12(3)4)16(18)19/h5-9,11-12,14-15,17H,10H2,1-4H3,(H,18,19). The van der Waals surface area contributed by atoms with Crippen LogP contribution >= 0.6 is 0 Å². The third-order valence-corrected chi connectivity index (χ3v) is 3.52. The largest absolute Gasteiger partial charge is 0.480 e. The molecule has 0 saturated heterocycles. The van der Waals surface area contributed by atoms with Crippen molar-refractivity contribution in [1.82, 2.24) is 5.32 Å². The van der Waals surface area contributed by atoms with Crippen LogP contribution in [0.4, 0.5) is 0 Å². The van der Waals surface area contributed by atoms with Gasteiger partial charge in [-0.3, -0.25) is 4.79 Å². The van der Waals surface area contributed by atoms with Gasteiger partial charge in [0.25, 0.3) is 0 Å². The molecule has 2 unspecified atom stereocenters. The van der Waals surface area contributed by atoms with Gasteiger partial charge in [0.2, 0.25) is 0 Å². The molecule has 19 heavy (non-hydrogen) atoms. The predicted molar refractivity (Wildman–Crippen MR) is 78.3 cm³/mol. The lowest BCUT2D eigenvalue weighted by atomic mass is 9.88. The molecule has 2 atom stereocenters. The van der Waals surface area contributed by atoms with Crippen LogP contribution in [0.3, 0.4) is 0 Å². The van der Waals surface area contributed by atoms with E-state index in [9.17, 15) is 9.90 Å². The Kier molecular flexibility index (Phi) is 6.03. The highest BCUT2D eigenvalue weighted by Crippen LogP contribution is 2.23. The summed E-state index contributed by atoms with van der Waals surface area (Å²) >= 11 is 0. The van der Waals surface area contributed by atoms with E-state index in [1.807, 2.05) is 32.0 Å². The monoisotopic (exact) mass is 263 g/mol. The van der Waals surface area contributed by atoms with Crippen LogP contribution in [0.2, 0.25) is 0 Å². The van der Waals surface area contributed by atoms with E-state index >= 15 is 0 Å². The molecule has 3 nitrogen and oxygen atoms in total. The molecule has 0 saturated carbocycles. The molecule has 0 aliphatic carbocycles. The maximum atomic E-state index is 11.2. The third-order valence-electron chi connectivity index (χ3n) is 3.52. The van der Waals surface area contributed by atoms with Crippen molar-refractivity contribution in [3.8, 4) is 0 Å². The Labute approximate surface area is 116 Å². The molecule has 0 aliphatic heterocycles. The highest BCUT2D eigenvalue weighted by atomic mass is 16.4. The maximum absolute atomic E-state index is 11.2. The number of nitrogens with one attached hydrogen (secondary N) is 1. The normalized spacial score (nSPS) is 14.6.